The summed E-state index contributed by atoms with van der Waals surface area (Å²) in [5.41, 5.74) is -14.2. The van der Waals surface area contributed by atoms with Crippen LogP contribution >= 0.6 is 122 Å². The lowest BCUT2D eigenvalue weighted by Gasteiger charge is -2.37. The Labute approximate surface area is 517 Å². The highest BCUT2D eigenvalue weighted by molar-refractivity contribution is 7.75. The molecule has 0 aliphatic heterocycles. The molecule has 0 radical (unpaired) electrons. The smallest absolute Gasteiger partial charge is 0.330 e. The van der Waals surface area contributed by atoms with E-state index in [1.54, 1.807) is 0 Å². The molecule has 0 aromatic rings. The summed E-state index contributed by atoms with van der Waals surface area (Å²) in [6.07, 6.45) is 4.79. The fraction of sp³-hybridized carbons (Fsp3) is 1.00. The van der Waals surface area contributed by atoms with Gasteiger partial charge < -0.3 is 168 Å². The first kappa shape index (κ1) is 103. The maximum atomic E-state index is 11.2. The molecule has 0 rings (SSSR count). The van der Waals surface area contributed by atoms with Crippen LogP contribution in [-0.4, -0.2) is 260 Å². The Hall–Kier alpha value is 2.16. The van der Waals surface area contributed by atoms with E-state index in [2.05, 4.69) is 0 Å². The van der Waals surface area contributed by atoms with Crippen LogP contribution in [0.4, 0.5) is 0 Å². The minimum Gasteiger partial charge on any atom is -0.330 e. The number of hydrogen-bond acceptors (Lipinski definition) is 22. The van der Waals surface area contributed by atoms with E-state index in [1.807, 2.05) is 0 Å². The summed E-state index contributed by atoms with van der Waals surface area (Å²) in [6, 6.07) is 0. The number of unbranched alkanes of at least 4 members (excludes halogenated alkanes) is 3. The zero-order valence-corrected chi connectivity index (χ0v) is 60.9. The number of rotatable bonds is 33. The van der Waals surface area contributed by atoms with Crippen LogP contribution in [0, 0.1) is 0 Å². The molecule has 0 spiro atoms. The zero-order chi connectivity index (χ0) is 76.0. The lowest BCUT2D eigenvalue weighted by Crippen LogP contribution is -2.42. The Morgan fingerprint density at radius 1 is 0.196 bits per heavy atom. The third-order valence-corrected chi connectivity index (χ3v) is 38.6. The molecule has 0 saturated carbocycles. The van der Waals surface area contributed by atoms with E-state index in [0.29, 0.717) is 0 Å². The highest BCUT2D eigenvalue weighted by atomic mass is 31.3. The van der Waals surface area contributed by atoms with Crippen molar-refractivity contribution in [2.24, 2.45) is 11.5 Å². The highest BCUT2D eigenvalue weighted by Crippen LogP contribution is 2.73. The first-order valence-corrected chi connectivity index (χ1v) is 49.8. The van der Waals surface area contributed by atoms with E-state index >= 15 is 0 Å². The Kier molecular flexibility index (Phi) is 42.5. The molecule has 0 aromatic carbocycles. The molecule has 70 heteroatoms. The zero-order valence-electron chi connectivity index (χ0n) is 46.6. The van der Waals surface area contributed by atoms with Crippen LogP contribution in [-0.2, 0) is 73.0 Å². The molecule has 0 aromatic heterocycles. The van der Waals surface area contributed by atoms with E-state index in [0.717, 1.165) is 53.6 Å². The molecule has 0 fully saturated rings. The molecule has 0 saturated heterocycles. The average molecular weight is 1690 g/mol. The maximum absolute atomic E-state index is 11.2. The van der Waals surface area contributed by atoms with Gasteiger partial charge in [0.2, 0.25) is 44.2 Å². The molecule has 0 unspecified atom stereocenters. The average Bonchev–Trinajstić information content (AvgIpc) is 0.791. The standard InChI is InChI=1S/C6H16N2.4C4H15NO12P4/c7-5-3-1-2-4-6-8;4*1-2-5(3(18(6,7)8)19(9,10)11)4(20(12,13)14)21(15,16)17/h1-8H2;4*3-4H,2H2,1H3,(H2,6,7,8)(H2,9,10,11)(H2,12,13,14)(H2,15,16,17). The van der Waals surface area contributed by atoms with Gasteiger partial charge in [-0.15, -0.1) is 0 Å². The van der Waals surface area contributed by atoms with Gasteiger partial charge in [-0.25, -0.2) is 0 Å². The summed E-state index contributed by atoms with van der Waals surface area (Å²) in [5.74, 6) is 0. The predicted molar refractivity (Wildman–Crippen MR) is 309 cm³/mol. The van der Waals surface area contributed by atoms with Crippen molar-refractivity contribution in [3.05, 3.63) is 0 Å². The number of nitrogens with two attached hydrogens (primary N) is 2. The normalized spacial score (nSPS) is 14.8. The van der Waals surface area contributed by atoms with Crippen molar-refractivity contribution in [2.75, 3.05) is 39.3 Å². The lowest BCUT2D eigenvalue weighted by atomic mass is 10.2. The van der Waals surface area contributed by atoms with Crippen molar-refractivity contribution in [1.82, 2.24) is 19.6 Å². The SMILES string of the molecule is CCN(C(P(=O)(O)O)P(=O)(O)O)C(P(=O)(O)O)P(=O)(O)O.CCN(C(P(=O)(O)O)P(=O)(O)O)C(P(=O)(O)O)P(=O)(O)O.CCN(C(P(=O)(O)O)P(=O)(O)O)C(P(=O)(O)O)P(=O)(O)O.CCN(C(P(=O)(O)O)P(=O)(O)O)C(P(=O)(O)O)P(=O)(O)O.NCCCCCCN. The summed E-state index contributed by atoms with van der Waals surface area (Å²) < 4.78 is 179. The monoisotopic (exact) mass is 1690 g/mol. The summed E-state index contributed by atoms with van der Waals surface area (Å²) in [5, 5.41) is 0. The Bertz CT molecular complexity index is 2360. The predicted octanol–water partition coefficient (Wildman–Crippen LogP) is -5.19. The quantitative estimate of drug-likeness (QED) is 0.0216. The largest absolute Gasteiger partial charge is 0.355 e. The van der Waals surface area contributed by atoms with Gasteiger partial charge in [-0.05, 0) is 52.1 Å². The van der Waals surface area contributed by atoms with Crippen molar-refractivity contribution in [2.45, 2.75) is 97.6 Å². The Morgan fingerprint density at radius 2 is 0.272 bits per heavy atom. The molecule has 0 bridgehead atoms. The summed E-state index contributed by atoms with van der Waals surface area (Å²) in [4.78, 5) is 286. The van der Waals surface area contributed by atoms with Gasteiger partial charge in [-0.1, -0.05) is 40.5 Å². The van der Waals surface area contributed by atoms with Gasteiger partial charge in [0, 0.05) is 0 Å². The van der Waals surface area contributed by atoms with Crippen LogP contribution in [0.1, 0.15) is 53.4 Å². The third-order valence-electron chi connectivity index (χ3n) is 9.81. The molecule has 0 aliphatic carbocycles. The van der Waals surface area contributed by atoms with Crippen LogP contribution in [0.3, 0.4) is 0 Å². The van der Waals surface area contributed by atoms with E-state index < -0.39 is 192 Å². The van der Waals surface area contributed by atoms with Gasteiger partial charge in [-0.3, -0.25) is 92.6 Å². The second-order valence-electron chi connectivity index (χ2n) is 17.5. The Balaban J connectivity index is -0.000000351. The molecule has 92 heavy (non-hydrogen) atoms. The van der Waals surface area contributed by atoms with Gasteiger partial charge in [0.25, 0.3) is 0 Å². The second-order valence-corrected chi connectivity index (χ2v) is 47.4. The van der Waals surface area contributed by atoms with E-state index in [-0.39, 0.29) is 19.6 Å². The number of hydrogen-bond donors (Lipinski definition) is 34. The molecule has 562 valence electrons. The Morgan fingerprint density at radius 3 is 0.315 bits per heavy atom. The van der Waals surface area contributed by atoms with E-state index in [9.17, 15) is 73.0 Å². The minimum atomic E-state index is -5.69. The molecule has 0 amide bonds. The first-order valence-electron chi connectivity index (χ1n) is 22.9. The van der Waals surface area contributed by atoms with Gasteiger partial charge in [0.05, 0.1) is 0 Å². The molecule has 36 N–H and O–H groups in total. The summed E-state index contributed by atoms with van der Waals surface area (Å²) >= 11 is 0. The van der Waals surface area contributed by atoms with E-state index in [4.69, 9.17) is 168 Å². The van der Waals surface area contributed by atoms with Crippen LogP contribution in [0.15, 0.2) is 0 Å². The van der Waals surface area contributed by atoms with Crippen molar-refractivity contribution in [3.8, 4) is 0 Å². The van der Waals surface area contributed by atoms with Crippen LogP contribution in [0.25, 0.3) is 0 Å². The summed E-state index contributed by atoms with van der Waals surface area (Å²) in [7, 11) is -91.0. The fourth-order valence-corrected chi connectivity index (χ4v) is 32.2. The van der Waals surface area contributed by atoms with Crippen molar-refractivity contribution >= 4 is 122 Å². The molecular weight excluding hydrogens is 1610 g/mol. The van der Waals surface area contributed by atoms with Crippen molar-refractivity contribution in [3.63, 3.8) is 0 Å². The van der Waals surface area contributed by atoms with E-state index in [1.165, 1.54) is 12.8 Å². The van der Waals surface area contributed by atoms with Gasteiger partial charge in [-0.2, -0.15) is 0 Å². The van der Waals surface area contributed by atoms with Gasteiger partial charge in [0.1, 0.15) is 0 Å². The van der Waals surface area contributed by atoms with Crippen LogP contribution < -0.4 is 11.5 Å². The third kappa shape index (κ3) is 37.4. The first-order chi connectivity index (χ1) is 39.7. The van der Waals surface area contributed by atoms with Crippen molar-refractivity contribution in [1.29, 1.82) is 0 Å². The summed E-state index contributed by atoms with van der Waals surface area (Å²) in [6.45, 7) is 2.03. The minimum absolute atomic E-state index is 0.261. The fourth-order valence-electron chi connectivity index (χ4n) is 7.08. The molecule has 0 atom stereocenters. The highest BCUT2D eigenvalue weighted by Gasteiger charge is 2.62. The van der Waals surface area contributed by atoms with Crippen molar-refractivity contribution < 1.29 is 230 Å². The second kappa shape index (κ2) is 38.1. The van der Waals surface area contributed by atoms with Crippen LogP contribution in [0.5, 0.6) is 0 Å². The topological polar surface area (TPSA) is 985 Å². The number of nitrogens with zero attached hydrogens (tertiary/aromatic N) is 4. The maximum Gasteiger partial charge on any atom is 0.355 e. The molecular formula is C22H76N6O48P16. The molecule has 0 heterocycles. The van der Waals surface area contributed by atoms with Gasteiger partial charge >= 0.3 is 122 Å². The van der Waals surface area contributed by atoms with Crippen LogP contribution in [0.2, 0.25) is 0 Å². The van der Waals surface area contributed by atoms with Gasteiger partial charge in [0.15, 0.2) is 0 Å². The lowest BCUT2D eigenvalue weighted by molar-refractivity contribution is 0.203. The molecule has 0 aliphatic rings. The molecule has 54 nitrogen and oxygen atoms in total.